The Morgan fingerprint density at radius 2 is 1.85 bits per heavy atom. The van der Waals surface area contributed by atoms with E-state index >= 15 is 0 Å². The van der Waals surface area contributed by atoms with Crippen LogP contribution in [-0.4, -0.2) is 22.1 Å². The lowest BCUT2D eigenvalue weighted by Gasteiger charge is -2.17. The van der Waals surface area contributed by atoms with E-state index in [1.54, 1.807) is 0 Å². The second-order valence-electron chi connectivity index (χ2n) is 8.37. The Morgan fingerprint density at radius 1 is 1.06 bits per heavy atom. The number of nitrogens with zero attached hydrogens (tertiary/aromatic N) is 2. The molecule has 0 saturated heterocycles. The zero-order chi connectivity index (χ0) is 23.9. The number of benzene rings is 3. The van der Waals surface area contributed by atoms with Crippen LogP contribution in [0.4, 0.5) is 0 Å². The van der Waals surface area contributed by atoms with Crippen molar-refractivity contribution in [3.8, 4) is 5.75 Å². The van der Waals surface area contributed by atoms with Crippen LogP contribution in [-0.2, 0) is 13.0 Å². The van der Waals surface area contributed by atoms with Crippen LogP contribution in [0.25, 0.3) is 11.0 Å². The van der Waals surface area contributed by atoms with Gasteiger partial charge < -0.3 is 14.6 Å². The van der Waals surface area contributed by atoms with Crippen molar-refractivity contribution in [2.24, 2.45) is 0 Å². The second-order valence-corrected chi connectivity index (χ2v) is 9.28. The zero-order valence-corrected chi connectivity index (χ0v) is 21.2. The van der Waals surface area contributed by atoms with Gasteiger partial charge in [-0.05, 0) is 74.2 Å². The van der Waals surface area contributed by atoms with Crippen molar-refractivity contribution in [2.45, 2.75) is 45.7 Å². The molecule has 0 radical (unpaired) electrons. The van der Waals surface area contributed by atoms with Crippen molar-refractivity contribution in [2.75, 3.05) is 6.61 Å². The van der Waals surface area contributed by atoms with E-state index in [-0.39, 0.29) is 11.9 Å². The van der Waals surface area contributed by atoms with Crippen LogP contribution < -0.4 is 10.1 Å². The van der Waals surface area contributed by atoms with Crippen molar-refractivity contribution < 1.29 is 9.53 Å². The summed E-state index contributed by atoms with van der Waals surface area (Å²) in [7, 11) is 0. The van der Waals surface area contributed by atoms with Crippen molar-refractivity contribution in [3.63, 3.8) is 0 Å². The third kappa shape index (κ3) is 5.86. The van der Waals surface area contributed by atoms with Gasteiger partial charge in [0.05, 0.1) is 23.7 Å². The number of rotatable bonds is 10. The van der Waals surface area contributed by atoms with Gasteiger partial charge >= 0.3 is 0 Å². The average molecular weight is 520 g/mol. The molecule has 4 aromatic rings. The van der Waals surface area contributed by atoms with Crippen LogP contribution >= 0.6 is 15.9 Å². The highest BCUT2D eigenvalue weighted by Crippen LogP contribution is 2.22. The van der Waals surface area contributed by atoms with Gasteiger partial charge in [-0.25, -0.2) is 4.98 Å². The summed E-state index contributed by atoms with van der Waals surface area (Å²) < 4.78 is 9.01. The zero-order valence-electron chi connectivity index (χ0n) is 19.6. The molecule has 0 saturated carbocycles. The number of hydrogen-bond donors (Lipinski definition) is 1. The lowest BCUT2D eigenvalue weighted by Crippen LogP contribution is -2.28. The molecule has 5 nitrogen and oxygen atoms in total. The van der Waals surface area contributed by atoms with Crippen LogP contribution in [0.1, 0.15) is 54.5 Å². The van der Waals surface area contributed by atoms with Crippen molar-refractivity contribution in [3.05, 3.63) is 94.2 Å². The van der Waals surface area contributed by atoms with Crippen molar-refractivity contribution >= 4 is 32.9 Å². The number of fused-ring (bicyclic) bond motifs is 1. The third-order valence-corrected chi connectivity index (χ3v) is 6.38. The predicted molar refractivity (Wildman–Crippen MR) is 140 cm³/mol. The summed E-state index contributed by atoms with van der Waals surface area (Å²) in [4.78, 5) is 17.6. The van der Waals surface area contributed by atoms with E-state index in [4.69, 9.17) is 9.72 Å². The number of hydrogen-bond acceptors (Lipinski definition) is 3. The largest absolute Gasteiger partial charge is 0.494 e. The maximum Gasteiger partial charge on any atom is 0.251 e. The summed E-state index contributed by atoms with van der Waals surface area (Å²) in [5.74, 6) is 1.66. The molecule has 1 amide bonds. The van der Waals surface area contributed by atoms with E-state index in [0.29, 0.717) is 12.2 Å². The molecular weight excluding hydrogens is 490 g/mol. The fourth-order valence-electron chi connectivity index (χ4n) is 4.02. The maximum absolute atomic E-state index is 12.8. The smallest absolute Gasteiger partial charge is 0.251 e. The number of aromatic nitrogens is 2. The quantitative estimate of drug-likeness (QED) is 0.237. The number of amides is 1. The monoisotopic (exact) mass is 519 g/mol. The van der Waals surface area contributed by atoms with Crippen molar-refractivity contribution in [1.82, 2.24) is 14.9 Å². The van der Waals surface area contributed by atoms with Gasteiger partial charge in [0.15, 0.2) is 0 Å². The van der Waals surface area contributed by atoms with E-state index < -0.39 is 0 Å². The van der Waals surface area contributed by atoms with Crippen LogP contribution in [0, 0.1) is 0 Å². The summed E-state index contributed by atoms with van der Waals surface area (Å²) >= 11 is 3.43. The van der Waals surface area contributed by atoms with Gasteiger partial charge in [-0.3, -0.25) is 4.79 Å². The summed E-state index contributed by atoms with van der Waals surface area (Å²) in [6.07, 6.45) is 2.91. The molecule has 1 heterocycles. The van der Waals surface area contributed by atoms with Crippen LogP contribution in [0.15, 0.2) is 77.3 Å². The predicted octanol–water partition coefficient (Wildman–Crippen LogP) is 6.71. The molecule has 0 spiro atoms. The molecule has 0 bridgehead atoms. The van der Waals surface area contributed by atoms with E-state index in [9.17, 15) is 4.79 Å². The fraction of sp³-hybridized carbons (Fsp3) is 0.286. The lowest BCUT2D eigenvalue weighted by molar-refractivity contribution is 0.0937. The molecule has 0 fully saturated rings. The highest BCUT2D eigenvalue weighted by Gasteiger charge is 2.19. The van der Waals surface area contributed by atoms with Gasteiger partial charge in [-0.2, -0.15) is 0 Å². The van der Waals surface area contributed by atoms with Crippen LogP contribution in [0.5, 0.6) is 5.75 Å². The first-order valence-corrected chi connectivity index (χ1v) is 12.6. The summed E-state index contributed by atoms with van der Waals surface area (Å²) in [6.45, 7) is 5.61. The molecule has 0 aliphatic heterocycles. The van der Waals surface area contributed by atoms with E-state index in [2.05, 4.69) is 50.9 Å². The first kappa shape index (κ1) is 24.0. The summed E-state index contributed by atoms with van der Waals surface area (Å²) in [5.41, 5.74) is 3.95. The number of halogens is 1. The van der Waals surface area contributed by atoms with Crippen LogP contribution in [0.2, 0.25) is 0 Å². The lowest BCUT2D eigenvalue weighted by atomic mass is 10.2. The number of carbonyl (C=O) groups excluding carboxylic acids is 1. The molecular formula is C28H30BrN3O2. The Labute approximate surface area is 209 Å². The molecule has 34 heavy (non-hydrogen) atoms. The number of nitrogens with one attached hydrogen (secondary N) is 1. The summed E-state index contributed by atoms with van der Waals surface area (Å²) in [5, 5.41) is 3.11. The first-order chi connectivity index (χ1) is 16.5. The molecule has 0 aliphatic carbocycles. The molecule has 1 N–H and O–H groups in total. The topological polar surface area (TPSA) is 56.1 Å². The minimum absolute atomic E-state index is 0.116. The number of imidazole rings is 1. The summed E-state index contributed by atoms with van der Waals surface area (Å²) in [6, 6.07) is 23.6. The minimum Gasteiger partial charge on any atom is -0.494 e. The van der Waals surface area contributed by atoms with Gasteiger partial charge in [0.25, 0.3) is 5.91 Å². The van der Waals surface area contributed by atoms with Gasteiger partial charge in [0, 0.05) is 16.6 Å². The minimum atomic E-state index is -0.229. The molecule has 6 heteroatoms. The van der Waals surface area contributed by atoms with Crippen LogP contribution in [0.3, 0.4) is 0 Å². The fourth-order valence-corrected chi connectivity index (χ4v) is 4.42. The standard InChI is InChI=1S/C28H30BrN3O2/c1-3-21-13-15-24(16-14-21)34-18-7-6-17-32-26-12-5-4-11-25(26)31-27(32)20(2)30-28(33)22-9-8-10-23(29)19-22/h4-5,8-16,19-20H,3,6-7,17-18H2,1-2H3,(H,30,33). The van der Waals surface area contributed by atoms with Gasteiger partial charge in [-0.15, -0.1) is 0 Å². The Morgan fingerprint density at radius 3 is 2.62 bits per heavy atom. The van der Waals surface area contributed by atoms with Gasteiger partial charge in [0.1, 0.15) is 11.6 Å². The number of carbonyl (C=O) groups is 1. The normalized spacial score (nSPS) is 12.0. The number of ether oxygens (including phenoxy) is 1. The maximum atomic E-state index is 12.8. The highest BCUT2D eigenvalue weighted by atomic mass is 79.9. The Balaban J connectivity index is 1.40. The molecule has 0 aliphatic rings. The molecule has 4 rings (SSSR count). The van der Waals surface area contributed by atoms with Gasteiger partial charge in [0.2, 0.25) is 0 Å². The van der Waals surface area contributed by atoms with Gasteiger partial charge in [-0.1, -0.05) is 53.2 Å². The van der Waals surface area contributed by atoms with E-state index in [1.165, 1.54) is 5.56 Å². The first-order valence-electron chi connectivity index (χ1n) is 11.8. The SMILES string of the molecule is CCc1ccc(OCCCCn2c(C(C)NC(=O)c3cccc(Br)c3)nc3ccccc32)cc1. The third-order valence-electron chi connectivity index (χ3n) is 5.88. The molecule has 1 unspecified atom stereocenters. The average Bonchev–Trinajstić information content (AvgIpc) is 3.23. The highest BCUT2D eigenvalue weighted by molar-refractivity contribution is 9.10. The number of aryl methyl sites for hydroxylation is 2. The molecule has 1 atom stereocenters. The van der Waals surface area contributed by atoms with E-state index in [1.807, 2.05) is 61.5 Å². The molecule has 176 valence electrons. The molecule has 3 aromatic carbocycles. The second kappa shape index (κ2) is 11.3. The van der Waals surface area contributed by atoms with E-state index in [0.717, 1.165) is 52.9 Å². The number of para-hydroxylation sites is 2. The Bertz CT molecular complexity index is 1250. The Kier molecular flexibility index (Phi) is 8.01. The Hall–Kier alpha value is -3.12. The molecule has 1 aromatic heterocycles. The number of unbranched alkanes of at least 4 members (excludes halogenated alkanes) is 1. The van der Waals surface area contributed by atoms with Crippen molar-refractivity contribution in [1.29, 1.82) is 0 Å².